The molecule has 0 aliphatic carbocycles. The van der Waals surface area contributed by atoms with Gasteiger partial charge in [0.15, 0.2) is 0 Å². The molecular formula is C18H32O6. The fourth-order valence-corrected chi connectivity index (χ4v) is 1.59. The average molecular weight is 344 g/mol. The second-order valence-corrected chi connectivity index (χ2v) is 7.60. The van der Waals surface area contributed by atoms with Crippen LogP contribution in [0.2, 0.25) is 0 Å². The molecule has 2 unspecified atom stereocenters. The van der Waals surface area contributed by atoms with Crippen molar-refractivity contribution in [1.82, 2.24) is 0 Å². The van der Waals surface area contributed by atoms with Crippen LogP contribution < -0.4 is 0 Å². The molecule has 6 heteroatoms. The molecule has 0 spiro atoms. The Morgan fingerprint density at radius 2 is 1.67 bits per heavy atom. The van der Waals surface area contributed by atoms with Gasteiger partial charge in [-0.25, -0.2) is 4.79 Å². The van der Waals surface area contributed by atoms with Crippen molar-refractivity contribution in [2.24, 2.45) is 5.92 Å². The van der Waals surface area contributed by atoms with E-state index in [-0.39, 0.29) is 37.2 Å². The highest BCUT2D eigenvalue weighted by Gasteiger charge is 2.35. The van der Waals surface area contributed by atoms with Gasteiger partial charge in [-0.15, -0.1) is 0 Å². The number of aliphatic hydroxyl groups is 1. The van der Waals surface area contributed by atoms with Gasteiger partial charge in [0.1, 0.15) is 17.8 Å². The van der Waals surface area contributed by atoms with Crippen LogP contribution in [0.5, 0.6) is 0 Å². The van der Waals surface area contributed by atoms with Gasteiger partial charge in [0.2, 0.25) is 0 Å². The Hall–Kier alpha value is -1.40. The van der Waals surface area contributed by atoms with Gasteiger partial charge in [-0.3, -0.25) is 4.79 Å². The summed E-state index contributed by atoms with van der Waals surface area (Å²) in [7, 11) is 0. The zero-order valence-electron chi connectivity index (χ0n) is 16.0. The predicted octanol–water partition coefficient (Wildman–Crippen LogP) is 2.63. The monoisotopic (exact) mass is 344 g/mol. The van der Waals surface area contributed by atoms with Gasteiger partial charge in [-0.2, -0.15) is 0 Å². The molecule has 0 saturated carbocycles. The first-order valence-corrected chi connectivity index (χ1v) is 8.14. The molecule has 24 heavy (non-hydrogen) atoms. The molecule has 0 saturated heterocycles. The van der Waals surface area contributed by atoms with Crippen LogP contribution in [-0.2, 0) is 23.8 Å². The molecule has 0 amide bonds. The lowest BCUT2D eigenvalue weighted by molar-refractivity contribution is -0.173. The maximum absolute atomic E-state index is 12.0. The van der Waals surface area contributed by atoms with Crippen molar-refractivity contribution in [1.29, 1.82) is 0 Å². The first kappa shape index (κ1) is 22.6. The highest BCUT2D eigenvalue weighted by atomic mass is 16.6. The molecule has 0 radical (unpaired) electrons. The van der Waals surface area contributed by atoms with Crippen LogP contribution in [0.4, 0.5) is 0 Å². The van der Waals surface area contributed by atoms with E-state index in [1.165, 1.54) is 6.92 Å². The number of carbonyl (C=O) groups is 2. The van der Waals surface area contributed by atoms with E-state index in [0.717, 1.165) is 0 Å². The molecule has 2 atom stereocenters. The quantitative estimate of drug-likeness (QED) is 0.511. The summed E-state index contributed by atoms with van der Waals surface area (Å²) in [5.41, 5.74) is -2.11. The Balaban J connectivity index is 4.94. The predicted molar refractivity (Wildman–Crippen MR) is 91.4 cm³/mol. The highest BCUT2D eigenvalue weighted by Crippen LogP contribution is 2.19. The van der Waals surface area contributed by atoms with E-state index in [1.54, 1.807) is 20.8 Å². The largest absolute Gasteiger partial charge is 0.460 e. The third kappa shape index (κ3) is 9.67. The number of hydrogen-bond donors (Lipinski definition) is 1. The van der Waals surface area contributed by atoms with E-state index >= 15 is 0 Å². The van der Waals surface area contributed by atoms with Crippen LogP contribution in [0.1, 0.15) is 54.9 Å². The minimum absolute atomic E-state index is 0.119. The maximum atomic E-state index is 12.0. The number of carbonyl (C=O) groups excluding carboxylic acids is 2. The Kier molecular flexibility index (Phi) is 8.64. The third-order valence-corrected chi connectivity index (χ3v) is 3.27. The first-order chi connectivity index (χ1) is 10.8. The summed E-state index contributed by atoms with van der Waals surface area (Å²) in [6, 6.07) is 0. The molecule has 0 aromatic carbocycles. The van der Waals surface area contributed by atoms with Crippen LogP contribution >= 0.6 is 0 Å². The van der Waals surface area contributed by atoms with Crippen LogP contribution in [-0.4, -0.2) is 47.6 Å². The molecular weight excluding hydrogens is 312 g/mol. The van der Waals surface area contributed by atoms with Crippen LogP contribution in [0.25, 0.3) is 0 Å². The first-order valence-electron chi connectivity index (χ1n) is 8.14. The summed E-state index contributed by atoms with van der Waals surface area (Å²) in [6.45, 7) is 15.5. The molecule has 0 aromatic heterocycles. The van der Waals surface area contributed by atoms with Crippen molar-refractivity contribution < 1.29 is 28.9 Å². The van der Waals surface area contributed by atoms with E-state index in [2.05, 4.69) is 6.58 Å². The zero-order chi connectivity index (χ0) is 19.1. The molecule has 0 aromatic rings. The second-order valence-electron chi connectivity index (χ2n) is 7.60. The summed E-state index contributed by atoms with van der Waals surface area (Å²) < 4.78 is 15.9. The van der Waals surface area contributed by atoms with Crippen molar-refractivity contribution in [2.45, 2.75) is 72.2 Å². The molecule has 0 heterocycles. The van der Waals surface area contributed by atoms with Gasteiger partial charge in [0, 0.05) is 5.57 Å². The summed E-state index contributed by atoms with van der Waals surface area (Å²) in [5.74, 6) is -0.972. The van der Waals surface area contributed by atoms with Gasteiger partial charge < -0.3 is 19.3 Å². The minimum atomic E-state index is -1.66. The van der Waals surface area contributed by atoms with Crippen molar-refractivity contribution in [2.75, 3.05) is 13.2 Å². The molecule has 0 bridgehead atoms. The third-order valence-electron chi connectivity index (χ3n) is 3.27. The van der Waals surface area contributed by atoms with E-state index in [1.807, 2.05) is 20.8 Å². The van der Waals surface area contributed by atoms with Crippen LogP contribution in [0, 0.1) is 5.92 Å². The lowest BCUT2D eigenvalue weighted by Gasteiger charge is -2.30. The zero-order valence-corrected chi connectivity index (χ0v) is 16.0. The number of esters is 2. The Morgan fingerprint density at radius 3 is 2.08 bits per heavy atom. The van der Waals surface area contributed by atoms with Gasteiger partial charge in [-0.05, 0) is 40.5 Å². The number of rotatable bonds is 9. The van der Waals surface area contributed by atoms with Crippen molar-refractivity contribution >= 4 is 11.9 Å². The summed E-state index contributed by atoms with van der Waals surface area (Å²) >= 11 is 0. The number of ether oxygens (including phenoxy) is 3. The van der Waals surface area contributed by atoms with Crippen LogP contribution in [0.15, 0.2) is 12.2 Å². The Bertz CT molecular complexity index is 449. The second kappa shape index (κ2) is 9.18. The molecule has 0 aliphatic heterocycles. The van der Waals surface area contributed by atoms with Crippen LogP contribution in [0.3, 0.4) is 0 Å². The number of hydrogen-bond acceptors (Lipinski definition) is 6. The topological polar surface area (TPSA) is 82.1 Å². The van der Waals surface area contributed by atoms with E-state index < -0.39 is 23.1 Å². The average Bonchev–Trinajstić information content (AvgIpc) is 2.39. The highest BCUT2D eigenvalue weighted by molar-refractivity contribution is 5.87. The van der Waals surface area contributed by atoms with Gasteiger partial charge in [-0.1, -0.05) is 20.4 Å². The van der Waals surface area contributed by atoms with E-state index in [0.29, 0.717) is 0 Å². The lowest BCUT2D eigenvalue weighted by atomic mass is 10.0. The van der Waals surface area contributed by atoms with E-state index in [4.69, 9.17) is 14.2 Å². The summed E-state index contributed by atoms with van der Waals surface area (Å²) in [4.78, 5) is 23.6. The van der Waals surface area contributed by atoms with Gasteiger partial charge in [0.25, 0.3) is 0 Å². The maximum Gasteiger partial charge on any atom is 0.333 e. The molecule has 0 fully saturated rings. The molecule has 0 aliphatic rings. The van der Waals surface area contributed by atoms with E-state index in [9.17, 15) is 14.7 Å². The van der Waals surface area contributed by atoms with Crippen molar-refractivity contribution in [3.63, 3.8) is 0 Å². The molecule has 0 rings (SSSR count). The van der Waals surface area contributed by atoms with Gasteiger partial charge >= 0.3 is 11.9 Å². The normalized spacial score (nSPS) is 15.5. The summed E-state index contributed by atoms with van der Waals surface area (Å²) in [5, 5.41) is 10.7. The molecule has 6 nitrogen and oxygen atoms in total. The van der Waals surface area contributed by atoms with Gasteiger partial charge in [0.05, 0.1) is 19.1 Å². The standard InChI is InChI=1S/C18H32O6/c1-12(2)14(5)22-10-18(21,11-23-16(20)13(3)4)9-15(19)24-17(6,7)8/h12,14,21H,3,9-11H2,1-2,4-8H3. The lowest BCUT2D eigenvalue weighted by Crippen LogP contribution is -2.45. The Morgan fingerprint density at radius 1 is 1.12 bits per heavy atom. The fourth-order valence-electron chi connectivity index (χ4n) is 1.59. The fraction of sp³-hybridized carbons (Fsp3) is 0.778. The smallest absolute Gasteiger partial charge is 0.333 e. The SMILES string of the molecule is C=C(C)C(=O)OCC(O)(COC(C)C(C)C)CC(=O)OC(C)(C)C. The Labute approximate surface area is 145 Å². The minimum Gasteiger partial charge on any atom is -0.460 e. The van der Waals surface area contributed by atoms with Crippen molar-refractivity contribution in [3.05, 3.63) is 12.2 Å². The molecule has 140 valence electrons. The summed E-state index contributed by atoms with van der Waals surface area (Å²) in [6.07, 6.45) is -0.453. The van der Waals surface area contributed by atoms with Crippen molar-refractivity contribution in [3.8, 4) is 0 Å². The molecule has 1 N–H and O–H groups in total.